The first kappa shape index (κ1) is 9.46. The standard InChI is InChI=1S/C15H15N/c1-2-9-15-12(5-1)6-3-7-13(15)11-14-8-4-10-16-14/h1-3,5-7,9,11,16H,4,8,10H2/b14-11-. The molecular weight excluding hydrogens is 194 g/mol. The second kappa shape index (κ2) is 4.01. The largest absolute Gasteiger partial charge is 0.388 e. The molecule has 1 heterocycles. The molecule has 0 spiro atoms. The Balaban J connectivity index is 2.12. The van der Waals surface area contributed by atoms with Crippen LogP contribution in [0.4, 0.5) is 0 Å². The lowest BCUT2D eigenvalue weighted by Gasteiger charge is -2.04. The molecule has 0 atom stereocenters. The fourth-order valence-corrected chi connectivity index (χ4v) is 2.30. The van der Waals surface area contributed by atoms with Crippen molar-refractivity contribution in [2.24, 2.45) is 0 Å². The van der Waals surface area contributed by atoms with Gasteiger partial charge in [0.2, 0.25) is 0 Å². The Morgan fingerprint density at radius 2 is 1.88 bits per heavy atom. The van der Waals surface area contributed by atoms with Crippen LogP contribution in [0.5, 0.6) is 0 Å². The Morgan fingerprint density at radius 3 is 2.75 bits per heavy atom. The number of hydrogen-bond donors (Lipinski definition) is 1. The summed E-state index contributed by atoms with van der Waals surface area (Å²) >= 11 is 0. The number of hydrogen-bond acceptors (Lipinski definition) is 1. The van der Waals surface area contributed by atoms with Crippen LogP contribution in [0.1, 0.15) is 18.4 Å². The lowest BCUT2D eigenvalue weighted by atomic mass is 10.0. The van der Waals surface area contributed by atoms with Crippen molar-refractivity contribution in [1.29, 1.82) is 0 Å². The number of benzene rings is 2. The minimum atomic E-state index is 1.12. The predicted molar refractivity (Wildman–Crippen MR) is 69.2 cm³/mol. The predicted octanol–water partition coefficient (Wildman–Crippen LogP) is 3.56. The third-order valence-corrected chi connectivity index (χ3v) is 3.13. The number of nitrogens with one attached hydrogen (secondary N) is 1. The van der Waals surface area contributed by atoms with Crippen LogP contribution in [0.25, 0.3) is 16.8 Å². The minimum Gasteiger partial charge on any atom is -0.388 e. The van der Waals surface area contributed by atoms with Crippen molar-refractivity contribution in [3.05, 3.63) is 53.7 Å². The van der Waals surface area contributed by atoms with Crippen LogP contribution in [0, 0.1) is 0 Å². The monoisotopic (exact) mass is 209 g/mol. The average Bonchev–Trinajstić information content (AvgIpc) is 2.82. The molecule has 0 bridgehead atoms. The van der Waals surface area contributed by atoms with E-state index in [1.54, 1.807) is 0 Å². The summed E-state index contributed by atoms with van der Waals surface area (Å²) < 4.78 is 0. The highest BCUT2D eigenvalue weighted by Gasteiger charge is 2.05. The summed E-state index contributed by atoms with van der Waals surface area (Å²) in [5.41, 5.74) is 2.69. The Labute approximate surface area is 95.8 Å². The minimum absolute atomic E-state index is 1.12. The molecule has 1 aliphatic rings. The molecule has 2 aromatic rings. The molecule has 0 unspecified atom stereocenters. The van der Waals surface area contributed by atoms with E-state index in [1.165, 1.54) is 34.9 Å². The second-order valence-electron chi connectivity index (χ2n) is 4.27. The first-order valence-electron chi connectivity index (χ1n) is 5.86. The van der Waals surface area contributed by atoms with E-state index in [9.17, 15) is 0 Å². The van der Waals surface area contributed by atoms with Crippen molar-refractivity contribution in [3.8, 4) is 0 Å². The van der Waals surface area contributed by atoms with E-state index < -0.39 is 0 Å². The van der Waals surface area contributed by atoms with E-state index >= 15 is 0 Å². The van der Waals surface area contributed by atoms with Gasteiger partial charge in [0.25, 0.3) is 0 Å². The zero-order valence-corrected chi connectivity index (χ0v) is 9.24. The number of fused-ring (bicyclic) bond motifs is 1. The molecule has 1 N–H and O–H groups in total. The topological polar surface area (TPSA) is 12.0 Å². The van der Waals surface area contributed by atoms with Gasteiger partial charge in [0.1, 0.15) is 0 Å². The van der Waals surface area contributed by atoms with Crippen molar-refractivity contribution in [2.45, 2.75) is 12.8 Å². The van der Waals surface area contributed by atoms with Crippen LogP contribution in [0.2, 0.25) is 0 Å². The fraction of sp³-hybridized carbons (Fsp3) is 0.200. The van der Waals surface area contributed by atoms with E-state index in [4.69, 9.17) is 0 Å². The fourth-order valence-electron chi connectivity index (χ4n) is 2.30. The Hall–Kier alpha value is -1.76. The molecule has 0 saturated carbocycles. The maximum absolute atomic E-state index is 3.43. The smallest absolute Gasteiger partial charge is 0.0147 e. The van der Waals surface area contributed by atoms with Crippen molar-refractivity contribution >= 4 is 16.8 Å². The Bertz CT molecular complexity index is 527. The summed E-state index contributed by atoms with van der Waals surface area (Å²) in [6.07, 6.45) is 4.73. The highest BCUT2D eigenvalue weighted by atomic mass is 14.9. The molecule has 1 saturated heterocycles. The Morgan fingerprint density at radius 1 is 1.00 bits per heavy atom. The van der Waals surface area contributed by atoms with E-state index in [2.05, 4.69) is 53.9 Å². The van der Waals surface area contributed by atoms with Gasteiger partial charge in [-0.15, -0.1) is 0 Å². The first-order valence-corrected chi connectivity index (χ1v) is 5.86. The summed E-state index contributed by atoms with van der Waals surface area (Å²) in [6, 6.07) is 15.0. The molecule has 2 aromatic carbocycles. The van der Waals surface area contributed by atoms with Crippen LogP contribution >= 0.6 is 0 Å². The normalized spacial score (nSPS) is 17.9. The lowest BCUT2D eigenvalue weighted by molar-refractivity contribution is 0.905. The number of rotatable bonds is 1. The van der Waals surface area contributed by atoms with Crippen molar-refractivity contribution in [2.75, 3.05) is 6.54 Å². The van der Waals surface area contributed by atoms with Gasteiger partial charge >= 0.3 is 0 Å². The first-order chi connectivity index (χ1) is 7.93. The molecule has 3 rings (SSSR count). The van der Waals surface area contributed by atoms with Crippen molar-refractivity contribution in [1.82, 2.24) is 5.32 Å². The third-order valence-electron chi connectivity index (χ3n) is 3.13. The maximum atomic E-state index is 3.43. The maximum Gasteiger partial charge on any atom is 0.0147 e. The molecule has 16 heavy (non-hydrogen) atoms. The van der Waals surface area contributed by atoms with Gasteiger partial charge in [-0.2, -0.15) is 0 Å². The molecule has 0 aromatic heterocycles. The third kappa shape index (κ3) is 1.69. The van der Waals surface area contributed by atoms with Crippen LogP contribution in [-0.2, 0) is 0 Å². The quantitative estimate of drug-likeness (QED) is 0.757. The summed E-state index contributed by atoms with van der Waals surface area (Å²) in [6.45, 7) is 1.12. The zero-order chi connectivity index (χ0) is 10.8. The van der Waals surface area contributed by atoms with Crippen LogP contribution in [-0.4, -0.2) is 6.54 Å². The van der Waals surface area contributed by atoms with Crippen LogP contribution in [0.15, 0.2) is 48.2 Å². The van der Waals surface area contributed by atoms with Gasteiger partial charge in [0, 0.05) is 12.2 Å². The molecule has 0 amide bonds. The highest BCUT2D eigenvalue weighted by Crippen LogP contribution is 2.22. The van der Waals surface area contributed by atoms with Crippen LogP contribution in [0.3, 0.4) is 0 Å². The SMILES string of the molecule is C(=C1\CCCN1)/c1cccc2ccccc12. The molecule has 1 nitrogen and oxygen atoms in total. The van der Waals surface area contributed by atoms with Gasteiger partial charge in [0.15, 0.2) is 0 Å². The second-order valence-corrected chi connectivity index (χ2v) is 4.27. The summed E-state index contributed by atoms with van der Waals surface area (Å²) in [4.78, 5) is 0. The molecule has 1 aliphatic heterocycles. The zero-order valence-electron chi connectivity index (χ0n) is 9.24. The molecule has 0 radical (unpaired) electrons. The van der Waals surface area contributed by atoms with Crippen molar-refractivity contribution in [3.63, 3.8) is 0 Å². The number of allylic oxidation sites excluding steroid dienone is 1. The summed E-state index contributed by atoms with van der Waals surface area (Å²) in [7, 11) is 0. The molecule has 1 fully saturated rings. The van der Waals surface area contributed by atoms with Gasteiger partial charge in [-0.05, 0) is 35.3 Å². The lowest BCUT2D eigenvalue weighted by Crippen LogP contribution is -2.02. The molecule has 80 valence electrons. The summed E-state index contributed by atoms with van der Waals surface area (Å²) in [5.74, 6) is 0. The van der Waals surface area contributed by atoms with E-state index in [0.717, 1.165) is 6.54 Å². The average molecular weight is 209 g/mol. The van der Waals surface area contributed by atoms with Gasteiger partial charge < -0.3 is 5.32 Å². The van der Waals surface area contributed by atoms with Gasteiger partial charge in [0.05, 0.1) is 0 Å². The molecule has 0 aliphatic carbocycles. The van der Waals surface area contributed by atoms with Gasteiger partial charge in [-0.25, -0.2) is 0 Å². The van der Waals surface area contributed by atoms with E-state index in [1.807, 2.05) is 0 Å². The highest BCUT2D eigenvalue weighted by molar-refractivity contribution is 5.90. The van der Waals surface area contributed by atoms with E-state index in [0.29, 0.717) is 0 Å². The van der Waals surface area contributed by atoms with Gasteiger partial charge in [-0.1, -0.05) is 42.5 Å². The van der Waals surface area contributed by atoms with Gasteiger partial charge in [-0.3, -0.25) is 0 Å². The van der Waals surface area contributed by atoms with Crippen LogP contribution < -0.4 is 5.32 Å². The molecule has 1 heteroatoms. The van der Waals surface area contributed by atoms with E-state index in [-0.39, 0.29) is 0 Å². The molecular formula is C15H15N. The Kier molecular flexibility index (Phi) is 2.37. The summed E-state index contributed by atoms with van der Waals surface area (Å²) in [5, 5.41) is 6.08. The van der Waals surface area contributed by atoms with Crippen molar-refractivity contribution < 1.29 is 0 Å².